The lowest BCUT2D eigenvalue weighted by atomic mass is 10.1. The van der Waals surface area contributed by atoms with Crippen LogP contribution in [0, 0.1) is 11.6 Å². The number of benzene rings is 1. The monoisotopic (exact) mass is 325 g/mol. The molecule has 0 unspecified atom stereocenters. The first-order valence-corrected chi connectivity index (χ1v) is 8.22. The Morgan fingerprint density at radius 1 is 1.30 bits per heavy atom. The molecule has 0 atom stereocenters. The summed E-state index contributed by atoms with van der Waals surface area (Å²) in [5.41, 5.74) is 0.268. The first kappa shape index (κ1) is 17.7. The van der Waals surface area contributed by atoms with Crippen LogP contribution in [0.25, 0.3) is 0 Å². The average molecular weight is 325 g/mol. The largest absolute Gasteiger partial charge is 0.378 e. The number of nitrogens with one attached hydrogen (secondary N) is 1. The lowest BCUT2D eigenvalue weighted by Gasteiger charge is -2.34. The number of ether oxygens (including phenoxy) is 1. The maximum atomic E-state index is 13.7. The van der Waals surface area contributed by atoms with Gasteiger partial charge >= 0.3 is 0 Å². The van der Waals surface area contributed by atoms with Gasteiger partial charge in [-0.3, -0.25) is 0 Å². The molecule has 0 amide bonds. The molecule has 23 heavy (non-hydrogen) atoms. The van der Waals surface area contributed by atoms with E-state index in [9.17, 15) is 8.78 Å². The Bertz CT molecular complexity index is 529. The van der Waals surface area contributed by atoms with Gasteiger partial charge in [-0.1, -0.05) is 0 Å². The van der Waals surface area contributed by atoms with Crippen molar-refractivity contribution in [2.75, 3.05) is 26.2 Å². The molecule has 0 spiro atoms. The zero-order valence-corrected chi connectivity index (χ0v) is 13.8. The van der Waals surface area contributed by atoms with Crippen molar-refractivity contribution in [3.63, 3.8) is 0 Å². The van der Waals surface area contributed by atoms with Gasteiger partial charge in [-0.05, 0) is 44.9 Å². The predicted octanol–water partition coefficient (Wildman–Crippen LogP) is 2.93. The standard InChI is InChI=1S/C17H25F2N3O/c1-3-20-17(22-9-7-15(8-10-22)23-4-2)21-12-13-11-14(18)5-6-16(13)19/h5-6,11,15H,3-4,7-10,12H2,1-2H3,(H,20,21). The van der Waals surface area contributed by atoms with E-state index in [4.69, 9.17) is 4.74 Å². The Morgan fingerprint density at radius 3 is 2.70 bits per heavy atom. The van der Waals surface area contributed by atoms with E-state index in [0.717, 1.165) is 57.2 Å². The van der Waals surface area contributed by atoms with Gasteiger partial charge in [0.15, 0.2) is 5.96 Å². The molecular formula is C17H25F2N3O. The van der Waals surface area contributed by atoms with Crippen molar-refractivity contribution in [1.82, 2.24) is 10.2 Å². The van der Waals surface area contributed by atoms with Crippen LogP contribution in [0.2, 0.25) is 0 Å². The van der Waals surface area contributed by atoms with Gasteiger partial charge < -0.3 is 15.0 Å². The van der Waals surface area contributed by atoms with E-state index in [1.165, 1.54) is 6.07 Å². The maximum Gasteiger partial charge on any atom is 0.194 e. The molecule has 6 heteroatoms. The van der Waals surface area contributed by atoms with Gasteiger partial charge in [-0.2, -0.15) is 0 Å². The molecule has 1 N–H and O–H groups in total. The van der Waals surface area contributed by atoms with Crippen LogP contribution in [0.5, 0.6) is 0 Å². The molecule has 0 saturated carbocycles. The minimum absolute atomic E-state index is 0.122. The topological polar surface area (TPSA) is 36.9 Å². The Morgan fingerprint density at radius 2 is 2.04 bits per heavy atom. The molecule has 1 fully saturated rings. The number of piperidine rings is 1. The average Bonchev–Trinajstić information content (AvgIpc) is 2.55. The number of likely N-dealkylation sites (tertiary alicyclic amines) is 1. The minimum Gasteiger partial charge on any atom is -0.378 e. The quantitative estimate of drug-likeness (QED) is 0.668. The Labute approximate surface area is 136 Å². The second kappa shape index (κ2) is 8.82. The van der Waals surface area contributed by atoms with E-state index in [-0.39, 0.29) is 12.1 Å². The number of hydrogen-bond donors (Lipinski definition) is 1. The van der Waals surface area contributed by atoms with Crippen LogP contribution in [-0.4, -0.2) is 43.2 Å². The highest BCUT2D eigenvalue weighted by molar-refractivity contribution is 5.80. The second-order valence-corrected chi connectivity index (χ2v) is 5.55. The molecule has 2 rings (SSSR count). The molecule has 0 radical (unpaired) electrons. The van der Waals surface area contributed by atoms with Gasteiger partial charge in [-0.25, -0.2) is 13.8 Å². The summed E-state index contributed by atoms with van der Waals surface area (Å²) in [4.78, 5) is 6.61. The molecule has 1 aliphatic heterocycles. The van der Waals surface area contributed by atoms with Gasteiger partial charge in [0.1, 0.15) is 11.6 Å². The molecule has 1 aliphatic rings. The first-order valence-electron chi connectivity index (χ1n) is 8.22. The van der Waals surface area contributed by atoms with Crippen molar-refractivity contribution < 1.29 is 13.5 Å². The van der Waals surface area contributed by atoms with Gasteiger partial charge in [0.25, 0.3) is 0 Å². The SMILES string of the molecule is CCNC(=NCc1cc(F)ccc1F)N1CCC(OCC)CC1. The summed E-state index contributed by atoms with van der Waals surface area (Å²) in [5, 5.41) is 3.22. The molecule has 1 aromatic carbocycles. The molecule has 0 bridgehead atoms. The summed E-state index contributed by atoms with van der Waals surface area (Å²) >= 11 is 0. The molecule has 128 valence electrons. The van der Waals surface area contributed by atoms with Crippen LogP contribution in [-0.2, 0) is 11.3 Å². The van der Waals surface area contributed by atoms with Crippen molar-refractivity contribution >= 4 is 5.96 Å². The third kappa shape index (κ3) is 5.16. The Hall–Kier alpha value is -1.69. The summed E-state index contributed by atoms with van der Waals surface area (Å²) in [5.74, 6) is -0.133. The summed E-state index contributed by atoms with van der Waals surface area (Å²) in [6.07, 6.45) is 2.21. The van der Waals surface area contributed by atoms with Crippen LogP contribution >= 0.6 is 0 Å². The number of hydrogen-bond acceptors (Lipinski definition) is 2. The van der Waals surface area contributed by atoms with E-state index in [0.29, 0.717) is 6.10 Å². The van der Waals surface area contributed by atoms with Gasteiger partial charge in [0.2, 0.25) is 0 Å². The van der Waals surface area contributed by atoms with E-state index < -0.39 is 11.6 Å². The summed E-state index contributed by atoms with van der Waals surface area (Å²) in [6.45, 7) is 7.28. The van der Waals surface area contributed by atoms with Gasteiger partial charge in [0, 0.05) is 31.8 Å². The normalized spacial score (nSPS) is 16.7. The van der Waals surface area contributed by atoms with Crippen LogP contribution in [0.4, 0.5) is 8.78 Å². The highest BCUT2D eigenvalue weighted by Crippen LogP contribution is 2.15. The molecule has 0 aliphatic carbocycles. The smallest absolute Gasteiger partial charge is 0.194 e. The summed E-state index contributed by atoms with van der Waals surface area (Å²) in [6, 6.07) is 3.46. The molecule has 4 nitrogen and oxygen atoms in total. The van der Waals surface area contributed by atoms with Crippen molar-refractivity contribution in [2.45, 2.75) is 39.3 Å². The van der Waals surface area contributed by atoms with Gasteiger partial charge in [-0.15, -0.1) is 0 Å². The molecule has 1 saturated heterocycles. The maximum absolute atomic E-state index is 13.7. The summed E-state index contributed by atoms with van der Waals surface area (Å²) < 4.78 is 32.6. The van der Waals surface area contributed by atoms with Crippen molar-refractivity contribution in [1.29, 1.82) is 0 Å². The number of halogens is 2. The highest BCUT2D eigenvalue weighted by Gasteiger charge is 2.21. The lowest BCUT2D eigenvalue weighted by molar-refractivity contribution is 0.0263. The number of guanidine groups is 1. The minimum atomic E-state index is -0.445. The lowest BCUT2D eigenvalue weighted by Crippen LogP contribution is -2.47. The van der Waals surface area contributed by atoms with Crippen LogP contribution < -0.4 is 5.32 Å². The number of aliphatic imine (C=N–C) groups is 1. The number of nitrogens with zero attached hydrogens (tertiary/aromatic N) is 2. The zero-order chi connectivity index (χ0) is 16.7. The van der Waals surface area contributed by atoms with Crippen molar-refractivity contribution in [3.05, 3.63) is 35.4 Å². The van der Waals surface area contributed by atoms with E-state index in [1.807, 2.05) is 13.8 Å². The van der Waals surface area contributed by atoms with E-state index >= 15 is 0 Å². The second-order valence-electron chi connectivity index (χ2n) is 5.55. The van der Waals surface area contributed by atoms with Crippen LogP contribution in [0.15, 0.2) is 23.2 Å². The van der Waals surface area contributed by atoms with Crippen LogP contribution in [0.1, 0.15) is 32.3 Å². The zero-order valence-electron chi connectivity index (χ0n) is 13.8. The third-order valence-electron chi connectivity index (χ3n) is 3.89. The van der Waals surface area contributed by atoms with E-state index in [2.05, 4.69) is 15.2 Å². The Balaban J connectivity index is 2.01. The number of rotatable bonds is 5. The fourth-order valence-corrected chi connectivity index (χ4v) is 2.72. The fraction of sp³-hybridized carbons (Fsp3) is 0.588. The van der Waals surface area contributed by atoms with Crippen molar-refractivity contribution in [3.8, 4) is 0 Å². The third-order valence-corrected chi connectivity index (χ3v) is 3.89. The van der Waals surface area contributed by atoms with E-state index in [1.54, 1.807) is 0 Å². The first-order chi connectivity index (χ1) is 11.1. The molecule has 1 aromatic rings. The predicted molar refractivity (Wildman–Crippen MR) is 87.4 cm³/mol. The molecule has 0 aromatic heterocycles. The molecular weight excluding hydrogens is 300 g/mol. The van der Waals surface area contributed by atoms with Gasteiger partial charge in [0.05, 0.1) is 12.6 Å². The van der Waals surface area contributed by atoms with Crippen molar-refractivity contribution in [2.24, 2.45) is 4.99 Å². The fourth-order valence-electron chi connectivity index (χ4n) is 2.72. The Kier molecular flexibility index (Phi) is 6.77. The van der Waals surface area contributed by atoms with Crippen LogP contribution in [0.3, 0.4) is 0 Å². The summed E-state index contributed by atoms with van der Waals surface area (Å²) in [7, 11) is 0. The molecule has 1 heterocycles. The highest BCUT2D eigenvalue weighted by atomic mass is 19.1.